The third-order valence-corrected chi connectivity index (χ3v) is 3.36. The fourth-order valence-corrected chi connectivity index (χ4v) is 2.18. The SMILES string of the molecule is NCCCCCCC(=O)Nc1ccn(Cc2ccncc2)n1. The normalized spacial score (nSPS) is 10.6. The van der Waals surface area contributed by atoms with E-state index in [4.69, 9.17) is 5.73 Å². The van der Waals surface area contributed by atoms with Gasteiger partial charge in [-0.05, 0) is 37.1 Å². The third-order valence-electron chi connectivity index (χ3n) is 3.36. The molecule has 0 saturated heterocycles. The van der Waals surface area contributed by atoms with Crippen molar-refractivity contribution in [1.29, 1.82) is 0 Å². The molecule has 1 amide bonds. The van der Waals surface area contributed by atoms with Crippen LogP contribution in [0.25, 0.3) is 0 Å². The highest BCUT2D eigenvalue weighted by molar-refractivity contribution is 5.89. The van der Waals surface area contributed by atoms with Crippen LogP contribution in [0.2, 0.25) is 0 Å². The monoisotopic (exact) mass is 301 g/mol. The second-order valence-corrected chi connectivity index (χ2v) is 5.26. The van der Waals surface area contributed by atoms with Gasteiger partial charge in [-0.1, -0.05) is 12.8 Å². The highest BCUT2D eigenvalue weighted by Crippen LogP contribution is 2.08. The molecule has 22 heavy (non-hydrogen) atoms. The number of nitrogens with zero attached hydrogens (tertiary/aromatic N) is 3. The molecule has 0 unspecified atom stereocenters. The highest BCUT2D eigenvalue weighted by atomic mass is 16.1. The average Bonchev–Trinajstić information content (AvgIpc) is 2.95. The van der Waals surface area contributed by atoms with Crippen molar-refractivity contribution in [1.82, 2.24) is 14.8 Å². The third kappa shape index (κ3) is 5.65. The molecule has 0 radical (unpaired) electrons. The Hall–Kier alpha value is -2.21. The first-order chi connectivity index (χ1) is 10.8. The number of hydrogen-bond acceptors (Lipinski definition) is 4. The van der Waals surface area contributed by atoms with Crippen molar-refractivity contribution in [3.05, 3.63) is 42.4 Å². The molecule has 2 rings (SSSR count). The van der Waals surface area contributed by atoms with Crippen LogP contribution in [0.5, 0.6) is 0 Å². The van der Waals surface area contributed by atoms with E-state index >= 15 is 0 Å². The minimum atomic E-state index is 0.0157. The van der Waals surface area contributed by atoms with Crippen LogP contribution in [-0.2, 0) is 11.3 Å². The molecule has 2 aromatic heterocycles. The van der Waals surface area contributed by atoms with Crippen molar-refractivity contribution in [2.45, 2.75) is 38.6 Å². The largest absolute Gasteiger partial charge is 0.330 e. The van der Waals surface area contributed by atoms with Gasteiger partial charge in [0.05, 0.1) is 6.54 Å². The number of rotatable bonds is 9. The average molecular weight is 301 g/mol. The molecule has 0 fully saturated rings. The van der Waals surface area contributed by atoms with Gasteiger partial charge in [-0.2, -0.15) is 5.10 Å². The summed E-state index contributed by atoms with van der Waals surface area (Å²) in [7, 11) is 0. The molecule has 6 heteroatoms. The molecule has 6 nitrogen and oxygen atoms in total. The molecule has 0 spiro atoms. The Labute approximate surface area is 130 Å². The summed E-state index contributed by atoms with van der Waals surface area (Å²) < 4.78 is 1.80. The van der Waals surface area contributed by atoms with Crippen LogP contribution in [0.4, 0.5) is 5.82 Å². The zero-order valence-electron chi connectivity index (χ0n) is 12.7. The fraction of sp³-hybridized carbons (Fsp3) is 0.438. The van der Waals surface area contributed by atoms with Crippen molar-refractivity contribution >= 4 is 11.7 Å². The van der Waals surface area contributed by atoms with Crippen LogP contribution < -0.4 is 11.1 Å². The molecular weight excluding hydrogens is 278 g/mol. The van der Waals surface area contributed by atoms with Crippen molar-refractivity contribution in [2.24, 2.45) is 5.73 Å². The zero-order chi connectivity index (χ0) is 15.6. The van der Waals surface area contributed by atoms with Gasteiger partial charge in [0, 0.05) is 31.1 Å². The number of hydrogen-bond donors (Lipinski definition) is 2. The number of nitrogens with one attached hydrogen (secondary N) is 1. The number of carbonyl (C=O) groups is 1. The number of anilines is 1. The molecule has 2 aromatic rings. The maximum Gasteiger partial charge on any atom is 0.225 e. The van der Waals surface area contributed by atoms with Crippen LogP contribution in [0.3, 0.4) is 0 Å². The van der Waals surface area contributed by atoms with Crippen molar-refractivity contribution < 1.29 is 4.79 Å². The Kier molecular flexibility index (Phi) is 6.57. The molecular formula is C16H23N5O. The van der Waals surface area contributed by atoms with E-state index in [0.29, 0.717) is 18.8 Å². The van der Waals surface area contributed by atoms with E-state index in [-0.39, 0.29) is 5.91 Å². The fourth-order valence-electron chi connectivity index (χ4n) is 2.18. The van der Waals surface area contributed by atoms with E-state index in [9.17, 15) is 4.79 Å². The van der Waals surface area contributed by atoms with Gasteiger partial charge in [-0.15, -0.1) is 0 Å². The Morgan fingerprint density at radius 2 is 1.91 bits per heavy atom. The van der Waals surface area contributed by atoms with Crippen molar-refractivity contribution in [2.75, 3.05) is 11.9 Å². The molecule has 0 aliphatic rings. The number of nitrogens with two attached hydrogens (primary N) is 1. The molecule has 0 atom stereocenters. The summed E-state index contributed by atoms with van der Waals surface area (Å²) in [5.41, 5.74) is 6.56. The second-order valence-electron chi connectivity index (χ2n) is 5.26. The number of carbonyl (C=O) groups excluding carboxylic acids is 1. The van der Waals surface area contributed by atoms with Crippen LogP contribution in [-0.4, -0.2) is 27.2 Å². The van der Waals surface area contributed by atoms with Gasteiger partial charge in [0.15, 0.2) is 5.82 Å². The number of pyridine rings is 1. The summed E-state index contributed by atoms with van der Waals surface area (Å²) in [6.07, 6.45) is 9.95. The summed E-state index contributed by atoms with van der Waals surface area (Å²) in [5.74, 6) is 0.614. The molecule has 0 aromatic carbocycles. The first-order valence-electron chi connectivity index (χ1n) is 7.70. The lowest BCUT2D eigenvalue weighted by Crippen LogP contribution is -2.12. The smallest absolute Gasteiger partial charge is 0.225 e. The maximum atomic E-state index is 11.8. The van der Waals surface area contributed by atoms with E-state index in [1.54, 1.807) is 17.1 Å². The van der Waals surface area contributed by atoms with E-state index < -0.39 is 0 Å². The van der Waals surface area contributed by atoms with E-state index in [1.807, 2.05) is 24.4 Å². The maximum absolute atomic E-state index is 11.8. The predicted octanol–water partition coefficient (Wildman–Crippen LogP) is 2.17. The van der Waals surface area contributed by atoms with Crippen LogP contribution in [0.15, 0.2) is 36.8 Å². The Bertz CT molecular complexity index is 567. The number of amides is 1. The number of unbranched alkanes of at least 4 members (excludes halogenated alkanes) is 3. The minimum Gasteiger partial charge on any atom is -0.330 e. The van der Waals surface area contributed by atoms with Crippen LogP contribution in [0.1, 0.15) is 37.7 Å². The predicted molar refractivity (Wildman–Crippen MR) is 86.3 cm³/mol. The van der Waals surface area contributed by atoms with Gasteiger partial charge >= 0.3 is 0 Å². The van der Waals surface area contributed by atoms with E-state index in [2.05, 4.69) is 15.4 Å². The zero-order valence-corrected chi connectivity index (χ0v) is 12.7. The summed E-state index contributed by atoms with van der Waals surface area (Å²) in [4.78, 5) is 15.8. The molecule has 3 N–H and O–H groups in total. The Balaban J connectivity index is 1.73. The van der Waals surface area contributed by atoms with Gasteiger partial charge in [0.25, 0.3) is 0 Å². The van der Waals surface area contributed by atoms with Crippen LogP contribution in [0, 0.1) is 0 Å². The summed E-state index contributed by atoms with van der Waals surface area (Å²) in [6.45, 7) is 1.39. The summed E-state index contributed by atoms with van der Waals surface area (Å²) >= 11 is 0. The van der Waals surface area contributed by atoms with E-state index in [0.717, 1.165) is 37.8 Å². The number of aromatic nitrogens is 3. The summed E-state index contributed by atoms with van der Waals surface area (Å²) in [6, 6.07) is 5.70. The standard InChI is InChI=1S/C16H23N5O/c17-9-4-2-1-3-5-16(22)19-15-8-12-21(20-15)13-14-6-10-18-11-7-14/h6-8,10-12H,1-5,9,13,17H2,(H,19,20,22). The van der Waals surface area contributed by atoms with Crippen molar-refractivity contribution in [3.63, 3.8) is 0 Å². The van der Waals surface area contributed by atoms with Crippen molar-refractivity contribution in [3.8, 4) is 0 Å². The van der Waals surface area contributed by atoms with Gasteiger partial charge in [-0.3, -0.25) is 14.5 Å². The molecule has 0 bridgehead atoms. The van der Waals surface area contributed by atoms with Gasteiger partial charge in [0.1, 0.15) is 0 Å². The molecule has 118 valence electrons. The van der Waals surface area contributed by atoms with Gasteiger partial charge in [0.2, 0.25) is 5.91 Å². The Morgan fingerprint density at radius 1 is 1.14 bits per heavy atom. The first-order valence-corrected chi connectivity index (χ1v) is 7.70. The summed E-state index contributed by atoms with van der Waals surface area (Å²) in [5, 5.41) is 7.18. The molecule has 2 heterocycles. The lowest BCUT2D eigenvalue weighted by molar-refractivity contribution is -0.116. The lowest BCUT2D eigenvalue weighted by atomic mass is 10.1. The molecule has 0 saturated carbocycles. The van der Waals surface area contributed by atoms with Crippen LogP contribution >= 0.6 is 0 Å². The van der Waals surface area contributed by atoms with Gasteiger partial charge in [-0.25, -0.2) is 0 Å². The van der Waals surface area contributed by atoms with Gasteiger partial charge < -0.3 is 11.1 Å². The topological polar surface area (TPSA) is 85.8 Å². The quantitative estimate of drug-likeness (QED) is 0.695. The second kappa shape index (κ2) is 8.94. The Morgan fingerprint density at radius 3 is 2.68 bits per heavy atom. The molecule has 0 aliphatic heterocycles. The molecule has 0 aliphatic carbocycles. The first kappa shape index (κ1) is 16.2. The minimum absolute atomic E-state index is 0.0157. The van der Waals surface area contributed by atoms with E-state index in [1.165, 1.54) is 0 Å². The highest BCUT2D eigenvalue weighted by Gasteiger charge is 2.05. The lowest BCUT2D eigenvalue weighted by Gasteiger charge is -2.03.